The molecule has 108 valence electrons. The second-order valence-electron chi connectivity index (χ2n) is 5.42. The Morgan fingerprint density at radius 1 is 0.857 bits per heavy atom. The fourth-order valence-electron chi connectivity index (χ4n) is 2.51. The summed E-state index contributed by atoms with van der Waals surface area (Å²) in [6, 6.07) is 20.8. The number of hydrogen-bond acceptors (Lipinski definition) is 1. The van der Waals surface area contributed by atoms with Crippen LogP contribution >= 0.6 is 11.6 Å². The summed E-state index contributed by atoms with van der Waals surface area (Å²) >= 11 is 5.90. The van der Waals surface area contributed by atoms with Crippen LogP contribution in [0.1, 0.15) is 30.4 Å². The molecule has 0 heterocycles. The van der Waals surface area contributed by atoms with Gasteiger partial charge in [-0.05, 0) is 54.9 Å². The standard InChI is InChI=1S/C19H20ClN/c20-19-12-10-17(11-13-19)7-9-18(14-15-21)8-6-16-4-2-1-3-5-16/h1-5,10-13,18H,6-9,14H2. The van der Waals surface area contributed by atoms with Gasteiger partial charge in [0.2, 0.25) is 0 Å². The van der Waals surface area contributed by atoms with E-state index in [4.69, 9.17) is 16.9 Å². The SMILES string of the molecule is N#CCC(CCc1ccccc1)CCc1ccc(Cl)cc1. The van der Waals surface area contributed by atoms with Crippen molar-refractivity contribution in [1.29, 1.82) is 5.26 Å². The van der Waals surface area contributed by atoms with Gasteiger partial charge in [-0.3, -0.25) is 0 Å². The van der Waals surface area contributed by atoms with Crippen molar-refractivity contribution in [2.75, 3.05) is 0 Å². The molecule has 1 unspecified atom stereocenters. The van der Waals surface area contributed by atoms with Gasteiger partial charge in [-0.2, -0.15) is 5.26 Å². The smallest absolute Gasteiger partial charge is 0.0624 e. The summed E-state index contributed by atoms with van der Waals surface area (Å²) in [5, 5.41) is 9.77. The zero-order valence-electron chi connectivity index (χ0n) is 12.1. The molecular formula is C19H20ClN. The van der Waals surface area contributed by atoms with Crippen LogP contribution in [0, 0.1) is 17.2 Å². The number of hydrogen-bond donors (Lipinski definition) is 0. The molecule has 0 aliphatic rings. The molecule has 0 fully saturated rings. The van der Waals surface area contributed by atoms with Crippen molar-refractivity contribution >= 4 is 11.6 Å². The first-order chi connectivity index (χ1) is 10.3. The molecule has 0 N–H and O–H groups in total. The predicted molar refractivity (Wildman–Crippen MR) is 88.3 cm³/mol. The maximum atomic E-state index is 9.00. The highest BCUT2D eigenvalue weighted by Gasteiger charge is 2.09. The van der Waals surface area contributed by atoms with Gasteiger partial charge in [0, 0.05) is 11.4 Å². The summed E-state index contributed by atoms with van der Waals surface area (Å²) in [5.41, 5.74) is 2.65. The molecule has 2 aromatic carbocycles. The number of nitrogens with zero attached hydrogens (tertiary/aromatic N) is 1. The number of aryl methyl sites for hydroxylation is 2. The molecule has 21 heavy (non-hydrogen) atoms. The van der Waals surface area contributed by atoms with E-state index in [9.17, 15) is 0 Å². The molecule has 0 aliphatic carbocycles. The monoisotopic (exact) mass is 297 g/mol. The Morgan fingerprint density at radius 3 is 2.00 bits per heavy atom. The highest BCUT2D eigenvalue weighted by Crippen LogP contribution is 2.20. The van der Waals surface area contributed by atoms with Crippen molar-refractivity contribution in [3.05, 3.63) is 70.7 Å². The fraction of sp³-hybridized carbons (Fsp3) is 0.316. The molecule has 1 nitrogen and oxygen atoms in total. The second kappa shape index (κ2) is 8.49. The van der Waals surface area contributed by atoms with E-state index in [-0.39, 0.29) is 0 Å². The first-order valence-corrected chi connectivity index (χ1v) is 7.81. The van der Waals surface area contributed by atoms with E-state index in [1.165, 1.54) is 11.1 Å². The van der Waals surface area contributed by atoms with Crippen LogP contribution in [0.2, 0.25) is 5.02 Å². The lowest BCUT2D eigenvalue weighted by atomic mass is 9.91. The number of nitriles is 1. The minimum Gasteiger partial charge on any atom is -0.198 e. The predicted octanol–water partition coefficient (Wildman–Crippen LogP) is 5.44. The van der Waals surface area contributed by atoms with Crippen LogP contribution in [0.15, 0.2) is 54.6 Å². The van der Waals surface area contributed by atoms with Crippen molar-refractivity contribution in [2.24, 2.45) is 5.92 Å². The van der Waals surface area contributed by atoms with Crippen LogP contribution in [-0.4, -0.2) is 0 Å². The molecule has 0 bridgehead atoms. The van der Waals surface area contributed by atoms with Crippen molar-refractivity contribution in [2.45, 2.75) is 32.1 Å². The topological polar surface area (TPSA) is 23.8 Å². The second-order valence-corrected chi connectivity index (χ2v) is 5.85. The molecule has 0 radical (unpaired) electrons. The van der Waals surface area contributed by atoms with E-state index >= 15 is 0 Å². The third kappa shape index (κ3) is 5.61. The summed E-state index contributed by atoms with van der Waals surface area (Å²) in [6.07, 6.45) is 4.83. The van der Waals surface area contributed by atoms with E-state index in [1.54, 1.807) is 0 Å². The fourth-order valence-corrected chi connectivity index (χ4v) is 2.64. The van der Waals surface area contributed by atoms with Gasteiger partial charge in [0.1, 0.15) is 0 Å². The van der Waals surface area contributed by atoms with E-state index in [1.807, 2.05) is 18.2 Å². The Balaban J connectivity index is 1.84. The van der Waals surface area contributed by atoms with Gasteiger partial charge in [0.05, 0.1) is 6.07 Å². The molecule has 2 heteroatoms. The van der Waals surface area contributed by atoms with Gasteiger partial charge in [0.25, 0.3) is 0 Å². The Morgan fingerprint density at radius 2 is 1.43 bits per heavy atom. The molecule has 2 aromatic rings. The summed E-state index contributed by atoms with van der Waals surface area (Å²) in [5.74, 6) is 0.464. The van der Waals surface area contributed by atoms with Crippen LogP contribution in [-0.2, 0) is 12.8 Å². The van der Waals surface area contributed by atoms with Crippen molar-refractivity contribution in [3.63, 3.8) is 0 Å². The molecule has 0 amide bonds. The van der Waals surface area contributed by atoms with Gasteiger partial charge in [-0.25, -0.2) is 0 Å². The lowest BCUT2D eigenvalue weighted by molar-refractivity contribution is 0.460. The largest absolute Gasteiger partial charge is 0.198 e. The van der Waals surface area contributed by atoms with E-state index in [2.05, 4.69) is 42.5 Å². The van der Waals surface area contributed by atoms with E-state index in [0.29, 0.717) is 12.3 Å². The molecule has 0 aliphatic heterocycles. The van der Waals surface area contributed by atoms with Gasteiger partial charge in [-0.15, -0.1) is 0 Å². The van der Waals surface area contributed by atoms with Gasteiger partial charge >= 0.3 is 0 Å². The maximum Gasteiger partial charge on any atom is 0.0624 e. The highest BCUT2D eigenvalue weighted by atomic mass is 35.5. The lowest BCUT2D eigenvalue weighted by Crippen LogP contribution is -2.04. The average molecular weight is 298 g/mol. The average Bonchev–Trinajstić information content (AvgIpc) is 2.52. The molecular weight excluding hydrogens is 278 g/mol. The zero-order chi connectivity index (χ0) is 14.9. The Kier molecular flexibility index (Phi) is 6.31. The number of benzene rings is 2. The summed E-state index contributed by atoms with van der Waals surface area (Å²) in [7, 11) is 0. The maximum absolute atomic E-state index is 9.00. The van der Waals surface area contributed by atoms with Crippen LogP contribution in [0.4, 0.5) is 0 Å². The normalized spacial score (nSPS) is 11.8. The molecule has 0 aromatic heterocycles. The van der Waals surface area contributed by atoms with Crippen molar-refractivity contribution in [1.82, 2.24) is 0 Å². The zero-order valence-corrected chi connectivity index (χ0v) is 12.9. The van der Waals surface area contributed by atoms with Gasteiger partial charge in [-0.1, -0.05) is 54.1 Å². The van der Waals surface area contributed by atoms with Gasteiger partial charge < -0.3 is 0 Å². The molecule has 0 saturated carbocycles. The quantitative estimate of drug-likeness (QED) is 0.668. The summed E-state index contributed by atoms with van der Waals surface area (Å²) in [4.78, 5) is 0. The lowest BCUT2D eigenvalue weighted by Gasteiger charge is -2.13. The molecule has 2 rings (SSSR count). The Hall–Kier alpha value is -1.78. The first-order valence-electron chi connectivity index (χ1n) is 7.43. The van der Waals surface area contributed by atoms with Crippen LogP contribution in [0.5, 0.6) is 0 Å². The van der Waals surface area contributed by atoms with Crippen molar-refractivity contribution < 1.29 is 0 Å². The van der Waals surface area contributed by atoms with Crippen LogP contribution < -0.4 is 0 Å². The Labute approximate surface area is 132 Å². The molecule has 1 atom stereocenters. The van der Waals surface area contributed by atoms with Crippen molar-refractivity contribution in [3.8, 4) is 6.07 Å². The highest BCUT2D eigenvalue weighted by molar-refractivity contribution is 6.30. The number of rotatable bonds is 7. The van der Waals surface area contributed by atoms with Crippen LogP contribution in [0.25, 0.3) is 0 Å². The third-order valence-corrected chi connectivity index (χ3v) is 4.07. The minimum absolute atomic E-state index is 0.464. The summed E-state index contributed by atoms with van der Waals surface area (Å²) < 4.78 is 0. The molecule has 0 saturated heterocycles. The van der Waals surface area contributed by atoms with E-state index in [0.717, 1.165) is 30.7 Å². The minimum atomic E-state index is 0.464. The molecule has 0 spiro atoms. The summed E-state index contributed by atoms with van der Waals surface area (Å²) in [6.45, 7) is 0. The van der Waals surface area contributed by atoms with Gasteiger partial charge in [0.15, 0.2) is 0 Å². The van der Waals surface area contributed by atoms with Crippen LogP contribution in [0.3, 0.4) is 0 Å². The first kappa shape index (κ1) is 15.6. The van der Waals surface area contributed by atoms with E-state index < -0.39 is 0 Å². The number of halogens is 1. The third-order valence-electron chi connectivity index (χ3n) is 3.82. The Bertz CT molecular complexity index is 569.